The molecule has 0 rings (SSSR count). The number of hydrogen-bond acceptors (Lipinski definition) is 15. The monoisotopic (exact) mass is 699 g/mol. The van der Waals surface area contributed by atoms with Gasteiger partial charge in [0, 0.05) is 50.4 Å². The molecular weight excluding hydrogens is 642 g/mol. The Kier molecular flexibility index (Phi) is 23.2. The number of nitrogens with one attached hydrogen (secondary N) is 3. The molecule has 0 aliphatic heterocycles. The predicted octanol–water partition coefficient (Wildman–Crippen LogP) is 1.78. The first-order chi connectivity index (χ1) is 23.0. The summed E-state index contributed by atoms with van der Waals surface area (Å²) in [4.78, 5) is 72.2. The Hall–Kier alpha value is -3.82. The van der Waals surface area contributed by atoms with E-state index in [1.165, 1.54) is 0 Å². The van der Waals surface area contributed by atoms with E-state index < -0.39 is 40.7 Å². The summed E-state index contributed by atoms with van der Waals surface area (Å²) >= 11 is 0. The van der Waals surface area contributed by atoms with E-state index in [1.807, 2.05) is 0 Å². The molecule has 0 aromatic heterocycles. The van der Waals surface area contributed by atoms with E-state index in [4.69, 9.17) is 28.4 Å². The third kappa shape index (κ3) is 23.2. The molecule has 49 heavy (non-hydrogen) atoms. The minimum atomic E-state index is -0.996. The maximum absolute atomic E-state index is 12.5. The molecule has 0 unspecified atom stereocenters. The van der Waals surface area contributed by atoms with Gasteiger partial charge in [-0.1, -0.05) is 20.1 Å². The largest absolute Gasteiger partial charge is 0.465 e. The molecule has 0 spiro atoms. The fourth-order valence-electron chi connectivity index (χ4n) is 3.41. The average molecular weight is 700 g/mol. The van der Waals surface area contributed by atoms with Crippen molar-refractivity contribution in [2.45, 2.75) is 67.2 Å². The van der Waals surface area contributed by atoms with Gasteiger partial charge in [0.05, 0.1) is 30.1 Å². The SMILES string of the molecule is C=C(C)C(=O)OCCNCCC(=O)OCC(CC)(COC(=O)CCNCCOC(=O)C(=C)C)COC(=O)CCNCCOC(=O)C(C)(C)C. The van der Waals surface area contributed by atoms with Crippen LogP contribution in [0.4, 0.5) is 0 Å². The standard InChI is InChI=1S/C34H57N3O12/c1-9-34(22-47-27(38)10-13-35-16-19-44-30(41)25(2)3,23-48-28(39)11-14-36-17-20-45-31(42)26(4)5)24-49-29(40)12-15-37-18-21-46-32(43)33(6,7)8/h35-37H,2,4,9-24H2,1,3,5-8H3. The smallest absolute Gasteiger partial charge is 0.333 e. The van der Waals surface area contributed by atoms with E-state index in [0.717, 1.165) is 0 Å². The Morgan fingerprint density at radius 2 is 0.857 bits per heavy atom. The van der Waals surface area contributed by atoms with Crippen molar-refractivity contribution in [3.8, 4) is 0 Å². The van der Waals surface area contributed by atoms with Gasteiger partial charge in [0.1, 0.15) is 39.6 Å². The Balaban J connectivity index is 4.88. The Labute approximate surface area is 290 Å². The first-order valence-electron chi connectivity index (χ1n) is 16.4. The Morgan fingerprint density at radius 3 is 1.14 bits per heavy atom. The lowest BCUT2D eigenvalue weighted by atomic mass is 9.88. The maximum atomic E-state index is 12.5. The molecule has 0 aromatic carbocycles. The van der Waals surface area contributed by atoms with Crippen molar-refractivity contribution in [3.63, 3.8) is 0 Å². The average Bonchev–Trinajstić information content (AvgIpc) is 3.04. The fourth-order valence-corrected chi connectivity index (χ4v) is 3.41. The molecular formula is C34H57N3O12. The summed E-state index contributed by atoms with van der Waals surface area (Å²) < 4.78 is 31.6. The zero-order valence-electron chi connectivity index (χ0n) is 30.1. The van der Waals surface area contributed by atoms with Gasteiger partial charge >= 0.3 is 35.8 Å². The minimum Gasteiger partial charge on any atom is -0.465 e. The van der Waals surface area contributed by atoms with Gasteiger partial charge in [-0.05, 0) is 41.0 Å². The Bertz CT molecular complexity index is 1050. The normalized spacial score (nSPS) is 11.2. The van der Waals surface area contributed by atoms with E-state index in [1.54, 1.807) is 41.5 Å². The van der Waals surface area contributed by atoms with Crippen LogP contribution < -0.4 is 16.0 Å². The van der Waals surface area contributed by atoms with Crippen molar-refractivity contribution in [1.29, 1.82) is 0 Å². The van der Waals surface area contributed by atoms with Crippen molar-refractivity contribution in [2.24, 2.45) is 10.8 Å². The highest BCUT2D eigenvalue weighted by Gasteiger charge is 2.34. The second-order valence-corrected chi connectivity index (χ2v) is 12.6. The predicted molar refractivity (Wildman–Crippen MR) is 180 cm³/mol. The van der Waals surface area contributed by atoms with Gasteiger partial charge in [0.15, 0.2) is 0 Å². The zero-order chi connectivity index (χ0) is 37.3. The van der Waals surface area contributed by atoms with Gasteiger partial charge in [-0.3, -0.25) is 19.2 Å². The topological polar surface area (TPSA) is 194 Å². The molecule has 0 saturated carbocycles. The van der Waals surface area contributed by atoms with E-state index >= 15 is 0 Å². The summed E-state index contributed by atoms with van der Waals surface area (Å²) in [6.45, 7) is 19.0. The van der Waals surface area contributed by atoms with Crippen LogP contribution in [0.3, 0.4) is 0 Å². The number of rotatable bonds is 27. The van der Waals surface area contributed by atoms with Crippen LogP contribution in [0.25, 0.3) is 0 Å². The molecule has 0 heterocycles. The van der Waals surface area contributed by atoms with Crippen molar-refractivity contribution >= 4 is 35.8 Å². The highest BCUT2D eigenvalue weighted by molar-refractivity contribution is 5.87. The summed E-state index contributed by atoms with van der Waals surface area (Å²) in [6.07, 6.45) is 0.444. The molecule has 0 aliphatic rings. The molecule has 0 aromatic rings. The van der Waals surface area contributed by atoms with Crippen molar-refractivity contribution in [3.05, 3.63) is 24.3 Å². The molecule has 0 bridgehead atoms. The lowest BCUT2D eigenvalue weighted by Gasteiger charge is -2.31. The first-order valence-corrected chi connectivity index (χ1v) is 16.4. The third-order valence-corrected chi connectivity index (χ3v) is 6.73. The van der Waals surface area contributed by atoms with E-state index in [0.29, 0.717) is 37.2 Å². The van der Waals surface area contributed by atoms with E-state index in [9.17, 15) is 28.8 Å². The van der Waals surface area contributed by atoms with Gasteiger partial charge in [0.25, 0.3) is 0 Å². The van der Waals surface area contributed by atoms with Crippen LogP contribution in [0, 0.1) is 10.8 Å². The molecule has 0 radical (unpaired) electrons. The van der Waals surface area contributed by atoms with E-state index in [-0.39, 0.29) is 84.5 Å². The third-order valence-electron chi connectivity index (χ3n) is 6.73. The highest BCUT2D eigenvalue weighted by atomic mass is 16.6. The summed E-state index contributed by atoms with van der Waals surface area (Å²) in [5, 5.41) is 8.97. The number of esters is 6. The molecule has 0 amide bonds. The minimum absolute atomic E-state index is 0.0257. The lowest BCUT2D eigenvalue weighted by Crippen LogP contribution is -2.39. The number of carbonyl (C=O) groups is 6. The van der Waals surface area contributed by atoms with Crippen LogP contribution in [-0.4, -0.2) is 115 Å². The van der Waals surface area contributed by atoms with E-state index in [2.05, 4.69) is 29.1 Å². The van der Waals surface area contributed by atoms with Crippen LogP contribution in [0.2, 0.25) is 0 Å². The van der Waals surface area contributed by atoms with Crippen LogP contribution in [0.15, 0.2) is 24.3 Å². The zero-order valence-corrected chi connectivity index (χ0v) is 30.1. The number of ether oxygens (including phenoxy) is 6. The quantitative estimate of drug-likeness (QED) is 0.0486. The van der Waals surface area contributed by atoms with Crippen LogP contribution >= 0.6 is 0 Å². The summed E-state index contributed by atoms with van der Waals surface area (Å²) in [5.41, 5.74) is -1.01. The van der Waals surface area contributed by atoms with Crippen molar-refractivity contribution < 1.29 is 57.2 Å². The van der Waals surface area contributed by atoms with Gasteiger partial charge < -0.3 is 44.4 Å². The number of carbonyl (C=O) groups excluding carboxylic acids is 6. The molecule has 0 fully saturated rings. The second kappa shape index (κ2) is 25.2. The number of hydrogen-bond donors (Lipinski definition) is 3. The van der Waals surface area contributed by atoms with Gasteiger partial charge in [-0.2, -0.15) is 0 Å². The van der Waals surface area contributed by atoms with Crippen molar-refractivity contribution in [1.82, 2.24) is 16.0 Å². The van der Waals surface area contributed by atoms with Gasteiger partial charge in [-0.15, -0.1) is 0 Å². The maximum Gasteiger partial charge on any atom is 0.333 e. The van der Waals surface area contributed by atoms with Crippen molar-refractivity contribution in [2.75, 3.05) is 78.9 Å². The van der Waals surface area contributed by atoms with Crippen LogP contribution in [-0.2, 0) is 57.2 Å². The van der Waals surface area contributed by atoms with Crippen LogP contribution in [0.1, 0.15) is 67.2 Å². The lowest BCUT2D eigenvalue weighted by molar-refractivity contribution is -0.162. The molecule has 15 heteroatoms. The Morgan fingerprint density at radius 1 is 0.531 bits per heavy atom. The van der Waals surface area contributed by atoms with Gasteiger partial charge in [-0.25, -0.2) is 9.59 Å². The molecule has 280 valence electrons. The second-order valence-electron chi connectivity index (χ2n) is 12.6. The summed E-state index contributed by atoms with van der Waals surface area (Å²) in [6, 6.07) is 0. The molecule has 0 atom stereocenters. The molecule has 15 nitrogen and oxygen atoms in total. The fraction of sp³-hybridized carbons (Fsp3) is 0.706. The molecule has 0 saturated heterocycles. The van der Waals surface area contributed by atoms with Gasteiger partial charge in [0.2, 0.25) is 0 Å². The first kappa shape index (κ1) is 45.2. The van der Waals surface area contributed by atoms with Crippen LogP contribution in [0.5, 0.6) is 0 Å². The molecule has 3 N–H and O–H groups in total. The highest BCUT2D eigenvalue weighted by Crippen LogP contribution is 2.25. The summed E-state index contributed by atoms with van der Waals surface area (Å²) in [5.74, 6) is -2.85. The summed E-state index contributed by atoms with van der Waals surface area (Å²) in [7, 11) is 0. The molecule has 0 aliphatic carbocycles.